The average Bonchev–Trinajstić information content (AvgIpc) is 2.41. The van der Waals surface area contributed by atoms with Gasteiger partial charge in [-0.2, -0.15) is 0 Å². The molecule has 1 amide bonds. The Morgan fingerprint density at radius 1 is 1.39 bits per heavy atom. The maximum atomic E-state index is 12.0. The third-order valence-corrected chi connectivity index (χ3v) is 3.33. The number of aryl methyl sites for hydroxylation is 2. The predicted molar refractivity (Wildman–Crippen MR) is 71.3 cm³/mol. The molecule has 2 N–H and O–H groups in total. The summed E-state index contributed by atoms with van der Waals surface area (Å²) >= 11 is 0. The first-order valence-corrected chi connectivity index (χ1v) is 6.37. The lowest BCUT2D eigenvalue weighted by atomic mass is 10.1. The molecule has 1 aromatic rings. The van der Waals surface area contributed by atoms with Gasteiger partial charge in [0.2, 0.25) is 5.91 Å². The van der Waals surface area contributed by atoms with Crippen molar-refractivity contribution in [2.24, 2.45) is 0 Å². The molecule has 1 aliphatic heterocycles. The Bertz CT molecular complexity index is 426. The van der Waals surface area contributed by atoms with Crippen LogP contribution in [-0.2, 0) is 16.0 Å². The average molecular weight is 248 g/mol. The summed E-state index contributed by atoms with van der Waals surface area (Å²) in [5, 5.41) is 0. The van der Waals surface area contributed by atoms with Gasteiger partial charge in [-0.15, -0.1) is 0 Å². The summed E-state index contributed by atoms with van der Waals surface area (Å²) in [6.07, 6.45) is 1.29. The third-order valence-electron chi connectivity index (χ3n) is 3.33. The fraction of sp³-hybridized carbons (Fsp3) is 0.500. The molecule has 0 aliphatic carbocycles. The summed E-state index contributed by atoms with van der Waals surface area (Å²) in [6, 6.07) is 6.00. The molecule has 4 heteroatoms. The summed E-state index contributed by atoms with van der Waals surface area (Å²) < 4.78 is 5.23. The van der Waals surface area contributed by atoms with Crippen LogP contribution >= 0.6 is 0 Å². The summed E-state index contributed by atoms with van der Waals surface area (Å²) in [5.74, 6) is 0.206. The smallest absolute Gasteiger partial charge is 0.223 e. The maximum Gasteiger partial charge on any atom is 0.223 e. The van der Waals surface area contributed by atoms with Crippen LogP contribution in [0.15, 0.2) is 18.2 Å². The van der Waals surface area contributed by atoms with Crippen molar-refractivity contribution in [1.29, 1.82) is 0 Å². The van der Waals surface area contributed by atoms with Gasteiger partial charge < -0.3 is 15.4 Å². The number of rotatable bonds is 3. The molecule has 0 saturated carbocycles. The predicted octanol–water partition coefficient (Wildman–Crippen LogP) is 1.37. The molecule has 18 heavy (non-hydrogen) atoms. The van der Waals surface area contributed by atoms with Gasteiger partial charge in [0.25, 0.3) is 0 Å². The lowest BCUT2D eigenvalue weighted by Gasteiger charge is -2.26. The SMILES string of the molecule is Cc1ccc(CCC(=O)N2CCOCC2)cc1N. The molecule has 1 heterocycles. The van der Waals surface area contributed by atoms with Crippen molar-refractivity contribution in [3.63, 3.8) is 0 Å². The highest BCUT2D eigenvalue weighted by Gasteiger charge is 2.16. The van der Waals surface area contributed by atoms with Crippen LogP contribution in [0.25, 0.3) is 0 Å². The quantitative estimate of drug-likeness (QED) is 0.822. The third kappa shape index (κ3) is 3.23. The van der Waals surface area contributed by atoms with Crippen molar-refractivity contribution in [1.82, 2.24) is 4.90 Å². The van der Waals surface area contributed by atoms with Crippen LogP contribution in [0.5, 0.6) is 0 Å². The van der Waals surface area contributed by atoms with Crippen molar-refractivity contribution in [3.8, 4) is 0 Å². The van der Waals surface area contributed by atoms with Gasteiger partial charge in [-0.1, -0.05) is 12.1 Å². The number of anilines is 1. The number of nitrogen functional groups attached to an aromatic ring is 1. The number of hydrogen-bond donors (Lipinski definition) is 1. The highest BCUT2D eigenvalue weighted by atomic mass is 16.5. The van der Waals surface area contributed by atoms with Crippen molar-refractivity contribution in [2.45, 2.75) is 19.8 Å². The number of carbonyl (C=O) groups excluding carboxylic acids is 1. The van der Waals surface area contributed by atoms with Crippen LogP contribution in [0.3, 0.4) is 0 Å². The number of amides is 1. The summed E-state index contributed by atoms with van der Waals surface area (Å²) in [6.45, 7) is 4.73. The molecule has 0 unspecified atom stereocenters. The minimum atomic E-state index is 0.206. The summed E-state index contributed by atoms with van der Waals surface area (Å²) in [5.41, 5.74) is 8.86. The minimum Gasteiger partial charge on any atom is -0.399 e. The number of ether oxygens (including phenoxy) is 1. The Labute approximate surface area is 108 Å². The van der Waals surface area contributed by atoms with Crippen molar-refractivity contribution in [2.75, 3.05) is 32.0 Å². The highest BCUT2D eigenvalue weighted by Crippen LogP contribution is 2.14. The molecule has 0 radical (unpaired) electrons. The number of nitrogens with zero attached hydrogens (tertiary/aromatic N) is 1. The van der Waals surface area contributed by atoms with Crippen LogP contribution in [0.2, 0.25) is 0 Å². The zero-order chi connectivity index (χ0) is 13.0. The van der Waals surface area contributed by atoms with E-state index in [-0.39, 0.29) is 5.91 Å². The first-order valence-electron chi connectivity index (χ1n) is 6.37. The van der Waals surface area contributed by atoms with Gasteiger partial charge in [-0.25, -0.2) is 0 Å². The lowest BCUT2D eigenvalue weighted by Crippen LogP contribution is -2.40. The van der Waals surface area contributed by atoms with E-state index in [0.29, 0.717) is 19.6 Å². The van der Waals surface area contributed by atoms with Crippen LogP contribution < -0.4 is 5.73 Å². The molecule has 1 aromatic carbocycles. The van der Waals surface area contributed by atoms with Crippen LogP contribution in [0, 0.1) is 6.92 Å². The minimum absolute atomic E-state index is 0.206. The van der Waals surface area contributed by atoms with Gasteiger partial charge in [0, 0.05) is 25.2 Å². The number of nitrogens with two attached hydrogens (primary N) is 1. The van der Waals surface area contributed by atoms with Crippen LogP contribution in [0.1, 0.15) is 17.5 Å². The molecular formula is C14H20N2O2. The van der Waals surface area contributed by atoms with E-state index in [1.807, 2.05) is 30.0 Å². The van der Waals surface area contributed by atoms with E-state index >= 15 is 0 Å². The molecule has 0 aromatic heterocycles. The largest absolute Gasteiger partial charge is 0.399 e. The van der Waals surface area contributed by atoms with Crippen LogP contribution in [0.4, 0.5) is 5.69 Å². The Morgan fingerprint density at radius 2 is 2.11 bits per heavy atom. The van der Waals surface area contributed by atoms with Crippen molar-refractivity contribution in [3.05, 3.63) is 29.3 Å². The molecule has 0 bridgehead atoms. The summed E-state index contributed by atoms with van der Waals surface area (Å²) in [4.78, 5) is 13.8. The molecule has 1 saturated heterocycles. The Hall–Kier alpha value is -1.55. The zero-order valence-corrected chi connectivity index (χ0v) is 10.8. The van der Waals surface area contributed by atoms with E-state index in [1.54, 1.807) is 0 Å². The Balaban J connectivity index is 1.86. The fourth-order valence-corrected chi connectivity index (χ4v) is 2.07. The molecule has 1 fully saturated rings. The molecule has 0 spiro atoms. The van der Waals surface area contributed by atoms with E-state index in [2.05, 4.69) is 0 Å². The zero-order valence-electron chi connectivity index (χ0n) is 10.8. The summed E-state index contributed by atoms with van der Waals surface area (Å²) in [7, 11) is 0. The van der Waals surface area contributed by atoms with E-state index in [1.165, 1.54) is 0 Å². The first kappa shape index (κ1) is 12.9. The number of morpholine rings is 1. The van der Waals surface area contributed by atoms with Gasteiger partial charge >= 0.3 is 0 Å². The normalized spacial score (nSPS) is 15.7. The molecule has 4 nitrogen and oxygen atoms in total. The first-order chi connectivity index (χ1) is 8.66. The van der Waals surface area contributed by atoms with E-state index in [9.17, 15) is 4.79 Å². The topological polar surface area (TPSA) is 55.6 Å². The van der Waals surface area contributed by atoms with Gasteiger partial charge in [-0.3, -0.25) is 4.79 Å². The molecule has 0 atom stereocenters. The van der Waals surface area contributed by atoms with Gasteiger partial charge in [0.1, 0.15) is 0 Å². The number of hydrogen-bond acceptors (Lipinski definition) is 3. The van der Waals surface area contributed by atoms with E-state index < -0.39 is 0 Å². The maximum absolute atomic E-state index is 12.0. The fourth-order valence-electron chi connectivity index (χ4n) is 2.07. The Kier molecular flexibility index (Phi) is 4.20. The van der Waals surface area contributed by atoms with E-state index in [0.717, 1.165) is 36.3 Å². The van der Waals surface area contributed by atoms with E-state index in [4.69, 9.17) is 10.5 Å². The molecule has 1 aliphatic rings. The van der Waals surface area contributed by atoms with Crippen molar-refractivity contribution < 1.29 is 9.53 Å². The monoisotopic (exact) mass is 248 g/mol. The molecular weight excluding hydrogens is 228 g/mol. The standard InChI is InChI=1S/C14H20N2O2/c1-11-2-3-12(10-13(11)15)4-5-14(17)16-6-8-18-9-7-16/h2-3,10H,4-9,15H2,1H3. The highest BCUT2D eigenvalue weighted by molar-refractivity contribution is 5.76. The number of benzene rings is 1. The second kappa shape index (κ2) is 5.87. The van der Waals surface area contributed by atoms with Gasteiger partial charge in [-0.05, 0) is 30.5 Å². The van der Waals surface area contributed by atoms with Gasteiger partial charge in [0.15, 0.2) is 0 Å². The second-order valence-corrected chi connectivity index (χ2v) is 4.68. The lowest BCUT2D eigenvalue weighted by molar-refractivity contribution is -0.135. The number of carbonyl (C=O) groups is 1. The van der Waals surface area contributed by atoms with Crippen LogP contribution in [-0.4, -0.2) is 37.1 Å². The molecule has 98 valence electrons. The second-order valence-electron chi connectivity index (χ2n) is 4.68. The van der Waals surface area contributed by atoms with Crippen molar-refractivity contribution >= 4 is 11.6 Å². The van der Waals surface area contributed by atoms with Gasteiger partial charge in [0.05, 0.1) is 13.2 Å². The Morgan fingerprint density at radius 3 is 2.78 bits per heavy atom. The molecule has 2 rings (SSSR count).